The van der Waals surface area contributed by atoms with Gasteiger partial charge in [-0.2, -0.15) is 0 Å². The van der Waals surface area contributed by atoms with Crippen LogP contribution < -0.4 is 20.3 Å². The van der Waals surface area contributed by atoms with Gasteiger partial charge in [-0.05, 0) is 69.2 Å². The summed E-state index contributed by atoms with van der Waals surface area (Å²) in [7, 11) is 0. The van der Waals surface area contributed by atoms with Crippen LogP contribution in [-0.2, 0) is 0 Å². The highest BCUT2D eigenvalue weighted by Crippen LogP contribution is 2.21. The van der Waals surface area contributed by atoms with Crippen molar-refractivity contribution in [1.82, 2.24) is 15.5 Å². The lowest BCUT2D eigenvalue weighted by Gasteiger charge is -2.36. The molecule has 1 saturated carbocycles. The maximum atomic E-state index is 5.53. The van der Waals surface area contributed by atoms with E-state index in [4.69, 9.17) is 17.0 Å². The summed E-state index contributed by atoms with van der Waals surface area (Å²) in [5.74, 6) is 0.952. The van der Waals surface area contributed by atoms with Gasteiger partial charge in [-0.3, -0.25) is 4.90 Å². The minimum absolute atomic E-state index is 0.587. The van der Waals surface area contributed by atoms with Crippen LogP contribution in [0, 0.1) is 0 Å². The Bertz CT molecular complexity index is 581. The second-order valence-corrected chi connectivity index (χ2v) is 8.25. The molecule has 0 unspecified atom stereocenters. The zero-order valence-corrected chi connectivity index (χ0v) is 18.1. The van der Waals surface area contributed by atoms with Crippen molar-refractivity contribution in [1.29, 1.82) is 0 Å². The molecule has 1 aliphatic heterocycles. The predicted molar refractivity (Wildman–Crippen MR) is 121 cm³/mol. The van der Waals surface area contributed by atoms with Crippen LogP contribution in [0.2, 0.25) is 0 Å². The Morgan fingerprint density at radius 2 is 1.79 bits per heavy atom. The third kappa shape index (κ3) is 6.82. The predicted octanol–water partition coefficient (Wildman–Crippen LogP) is 3.39. The van der Waals surface area contributed by atoms with Gasteiger partial charge in [-0.25, -0.2) is 0 Å². The van der Waals surface area contributed by atoms with Crippen LogP contribution in [0.4, 0.5) is 5.69 Å². The summed E-state index contributed by atoms with van der Waals surface area (Å²) < 4.78 is 5.53. The summed E-state index contributed by atoms with van der Waals surface area (Å²) in [6, 6.07) is 9.07. The van der Waals surface area contributed by atoms with Gasteiger partial charge < -0.3 is 20.3 Å². The van der Waals surface area contributed by atoms with Crippen LogP contribution in [0.15, 0.2) is 24.3 Å². The molecule has 0 aromatic heterocycles. The molecule has 3 rings (SSSR count). The zero-order valence-electron chi connectivity index (χ0n) is 17.3. The van der Waals surface area contributed by atoms with Crippen molar-refractivity contribution in [2.24, 2.45) is 0 Å². The fraction of sp³-hybridized carbons (Fsp3) is 0.682. The van der Waals surface area contributed by atoms with Crippen molar-refractivity contribution in [3.05, 3.63) is 24.3 Å². The topological polar surface area (TPSA) is 39.8 Å². The lowest BCUT2D eigenvalue weighted by Crippen LogP contribution is -2.47. The maximum Gasteiger partial charge on any atom is 0.166 e. The van der Waals surface area contributed by atoms with E-state index in [9.17, 15) is 0 Å². The molecule has 6 heteroatoms. The van der Waals surface area contributed by atoms with Crippen LogP contribution in [0.5, 0.6) is 5.75 Å². The average Bonchev–Trinajstić information content (AvgIpc) is 2.73. The highest BCUT2D eigenvalue weighted by molar-refractivity contribution is 7.80. The molecule has 1 aromatic rings. The molecule has 5 nitrogen and oxygen atoms in total. The molecule has 1 aromatic carbocycles. The summed E-state index contributed by atoms with van der Waals surface area (Å²) in [6.45, 7) is 9.24. The van der Waals surface area contributed by atoms with Gasteiger partial charge in [0.05, 0.1) is 6.61 Å². The number of thiocarbonyl (C=S) groups is 1. The van der Waals surface area contributed by atoms with E-state index < -0.39 is 0 Å². The standard InChI is InChI=1S/C22H36N4OS/c1-2-27-21-11-9-20(10-12-21)26-17-15-25(16-18-26)14-6-13-23-22(28)24-19-7-4-3-5-8-19/h9-12,19H,2-8,13-18H2,1H3,(H2,23,24,28). The van der Waals surface area contributed by atoms with E-state index in [0.29, 0.717) is 12.6 Å². The number of hydrogen-bond acceptors (Lipinski definition) is 4. The molecule has 2 fully saturated rings. The Labute approximate surface area is 175 Å². The van der Waals surface area contributed by atoms with Gasteiger partial charge in [-0.1, -0.05) is 19.3 Å². The highest BCUT2D eigenvalue weighted by atomic mass is 32.1. The Balaban J connectivity index is 1.27. The number of nitrogens with zero attached hydrogens (tertiary/aromatic N) is 2. The Hall–Kier alpha value is -1.53. The van der Waals surface area contributed by atoms with Gasteiger partial charge in [0.25, 0.3) is 0 Å². The van der Waals surface area contributed by atoms with Crippen LogP contribution in [0.25, 0.3) is 0 Å². The van der Waals surface area contributed by atoms with E-state index in [1.165, 1.54) is 37.8 Å². The normalized spacial score (nSPS) is 18.7. The molecule has 0 amide bonds. The maximum absolute atomic E-state index is 5.53. The third-order valence-electron chi connectivity index (χ3n) is 5.76. The van der Waals surface area contributed by atoms with E-state index in [2.05, 4.69) is 44.7 Å². The Morgan fingerprint density at radius 1 is 1.07 bits per heavy atom. The fourth-order valence-electron chi connectivity index (χ4n) is 4.14. The molecule has 1 aliphatic carbocycles. The molecule has 2 aliphatic rings. The van der Waals surface area contributed by atoms with Crippen LogP contribution in [0.3, 0.4) is 0 Å². The van der Waals surface area contributed by atoms with Crippen molar-refractivity contribution in [2.45, 2.75) is 51.5 Å². The monoisotopic (exact) mass is 404 g/mol. The number of ether oxygens (including phenoxy) is 1. The molecule has 0 radical (unpaired) electrons. The number of benzene rings is 1. The summed E-state index contributed by atoms with van der Waals surface area (Å²) >= 11 is 5.45. The lowest BCUT2D eigenvalue weighted by molar-refractivity contribution is 0.255. The van der Waals surface area contributed by atoms with Gasteiger partial charge in [0, 0.05) is 44.5 Å². The number of rotatable bonds is 8. The largest absolute Gasteiger partial charge is 0.494 e. The first-order chi connectivity index (χ1) is 13.7. The Kier molecular flexibility index (Phi) is 8.68. The molecule has 1 saturated heterocycles. The summed E-state index contributed by atoms with van der Waals surface area (Å²) in [6.07, 6.45) is 7.71. The summed E-state index contributed by atoms with van der Waals surface area (Å²) in [5.41, 5.74) is 1.30. The molecule has 156 valence electrons. The smallest absolute Gasteiger partial charge is 0.166 e. The van der Waals surface area contributed by atoms with E-state index in [0.717, 1.165) is 56.6 Å². The first-order valence-electron chi connectivity index (χ1n) is 11.0. The van der Waals surface area contributed by atoms with Gasteiger partial charge in [-0.15, -0.1) is 0 Å². The van der Waals surface area contributed by atoms with Gasteiger partial charge in [0.15, 0.2) is 5.11 Å². The molecular formula is C22H36N4OS. The highest BCUT2D eigenvalue weighted by Gasteiger charge is 2.17. The lowest BCUT2D eigenvalue weighted by atomic mass is 9.96. The summed E-state index contributed by atoms with van der Waals surface area (Å²) in [4.78, 5) is 5.03. The molecular weight excluding hydrogens is 368 g/mol. The summed E-state index contributed by atoms with van der Waals surface area (Å²) in [5, 5.41) is 7.72. The second-order valence-electron chi connectivity index (χ2n) is 7.84. The number of hydrogen-bond donors (Lipinski definition) is 2. The fourth-order valence-corrected chi connectivity index (χ4v) is 4.41. The molecule has 0 spiro atoms. The third-order valence-corrected chi connectivity index (χ3v) is 6.02. The number of nitrogens with one attached hydrogen (secondary N) is 2. The molecule has 0 atom stereocenters. The van der Waals surface area contributed by atoms with Gasteiger partial charge in [0.1, 0.15) is 5.75 Å². The van der Waals surface area contributed by atoms with Crippen molar-refractivity contribution in [3.63, 3.8) is 0 Å². The first kappa shape index (κ1) is 21.2. The molecule has 1 heterocycles. The van der Waals surface area contributed by atoms with E-state index in [-0.39, 0.29) is 0 Å². The van der Waals surface area contributed by atoms with Gasteiger partial charge in [0.2, 0.25) is 0 Å². The zero-order chi connectivity index (χ0) is 19.6. The van der Waals surface area contributed by atoms with Crippen molar-refractivity contribution >= 4 is 23.0 Å². The van der Waals surface area contributed by atoms with E-state index in [1.54, 1.807) is 0 Å². The molecule has 2 N–H and O–H groups in total. The van der Waals surface area contributed by atoms with Crippen molar-refractivity contribution < 1.29 is 4.74 Å². The molecule has 28 heavy (non-hydrogen) atoms. The second kappa shape index (κ2) is 11.5. The van der Waals surface area contributed by atoms with Crippen LogP contribution >= 0.6 is 12.2 Å². The van der Waals surface area contributed by atoms with Gasteiger partial charge >= 0.3 is 0 Å². The first-order valence-corrected chi connectivity index (χ1v) is 11.4. The Morgan fingerprint density at radius 3 is 2.46 bits per heavy atom. The number of anilines is 1. The van der Waals surface area contributed by atoms with Crippen LogP contribution in [0.1, 0.15) is 45.4 Å². The number of piperazine rings is 1. The average molecular weight is 405 g/mol. The minimum Gasteiger partial charge on any atom is -0.494 e. The van der Waals surface area contributed by atoms with Crippen molar-refractivity contribution in [3.8, 4) is 5.75 Å². The van der Waals surface area contributed by atoms with Crippen molar-refractivity contribution in [2.75, 3.05) is 50.8 Å². The minimum atomic E-state index is 0.587. The molecule has 0 bridgehead atoms. The quantitative estimate of drug-likeness (QED) is 0.511. The van der Waals surface area contributed by atoms with Crippen LogP contribution in [-0.4, -0.2) is 61.9 Å². The SMILES string of the molecule is CCOc1ccc(N2CCN(CCCNC(=S)NC3CCCCC3)CC2)cc1. The van der Waals surface area contributed by atoms with E-state index >= 15 is 0 Å². The van der Waals surface area contributed by atoms with E-state index in [1.807, 2.05) is 6.92 Å².